The molecule has 1 amide bonds. The smallest absolute Gasteiger partial charge is 0.281 e. The van der Waals surface area contributed by atoms with E-state index in [2.05, 4.69) is 6.08 Å². The number of hydrogen-bond donors (Lipinski definition) is 0. The highest BCUT2D eigenvalue weighted by Gasteiger charge is 2.43. The largest absolute Gasteiger partial charge is 0.497 e. The second kappa shape index (κ2) is 11.1. The molecule has 0 aromatic heterocycles. The van der Waals surface area contributed by atoms with Crippen LogP contribution in [0.15, 0.2) is 83.5 Å². The summed E-state index contributed by atoms with van der Waals surface area (Å²) in [5.41, 5.74) is 4.23. The number of hydrazone groups is 1. The number of rotatable bonds is 7. The molecule has 0 radical (unpaired) electrons. The molecule has 3 aromatic rings. The number of allylic oxidation sites excluding steroid dienone is 1. The van der Waals surface area contributed by atoms with Crippen LogP contribution in [-0.4, -0.2) is 37.5 Å². The summed E-state index contributed by atoms with van der Waals surface area (Å²) in [7, 11) is 3.31. The average Bonchev–Trinajstić information content (AvgIpc) is 3.33. The van der Waals surface area contributed by atoms with Crippen LogP contribution in [0.25, 0.3) is 6.08 Å². The van der Waals surface area contributed by atoms with E-state index < -0.39 is 0 Å². The summed E-state index contributed by atoms with van der Waals surface area (Å²) < 4.78 is 16.4. The molecule has 1 saturated carbocycles. The SMILES string of the molecule is COc1ccc(/C=C2\CCCC3C2=NN(C(=O)COc2cccc(Cl)c2)C3c2ccc(OC)cc2)cc1. The Kier molecular flexibility index (Phi) is 7.47. The normalized spacial score (nSPS) is 19.8. The zero-order valence-electron chi connectivity index (χ0n) is 20.9. The van der Waals surface area contributed by atoms with Gasteiger partial charge in [-0.15, -0.1) is 0 Å². The number of fused-ring (bicyclic) bond motifs is 1. The Morgan fingerprint density at radius 3 is 2.38 bits per heavy atom. The van der Waals surface area contributed by atoms with Crippen LogP contribution in [0.5, 0.6) is 17.2 Å². The Bertz CT molecular complexity index is 1320. The molecule has 6 nitrogen and oxygen atoms in total. The minimum atomic E-state index is -0.212. The van der Waals surface area contributed by atoms with Crippen molar-refractivity contribution in [2.45, 2.75) is 25.3 Å². The number of benzene rings is 3. The van der Waals surface area contributed by atoms with Crippen LogP contribution in [0.1, 0.15) is 36.4 Å². The van der Waals surface area contributed by atoms with Gasteiger partial charge in [0.2, 0.25) is 0 Å². The van der Waals surface area contributed by atoms with E-state index in [4.69, 9.17) is 30.9 Å². The van der Waals surface area contributed by atoms with Crippen molar-refractivity contribution in [2.75, 3.05) is 20.8 Å². The summed E-state index contributed by atoms with van der Waals surface area (Å²) in [5, 5.41) is 7.09. The van der Waals surface area contributed by atoms with Gasteiger partial charge >= 0.3 is 0 Å². The van der Waals surface area contributed by atoms with Gasteiger partial charge in [0.1, 0.15) is 17.2 Å². The van der Waals surface area contributed by atoms with Crippen LogP contribution in [0.4, 0.5) is 0 Å². The lowest BCUT2D eigenvalue weighted by molar-refractivity contribution is -0.135. The van der Waals surface area contributed by atoms with Gasteiger partial charge in [0, 0.05) is 10.9 Å². The highest BCUT2D eigenvalue weighted by molar-refractivity contribution is 6.30. The average molecular weight is 517 g/mol. The molecule has 0 N–H and O–H groups in total. The summed E-state index contributed by atoms with van der Waals surface area (Å²) in [4.78, 5) is 13.5. The first kappa shape index (κ1) is 24.9. The van der Waals surface area contributed by atoms with Gasteiger partial charge in [-0.1, -0.05) is 41.9 Å². The number of ether oxygens (including phenoxy) is 3. The van der Waals surface area contributed by atoms with Gasteiger partial charge in [-0.05, 0) is 84.5 Å². The molecule has 7 heteroatoms. The van der Waals surface area contributed by atoms with Gasteiger partial charge < -0.3 is 14.2 Å². The van der Waals surface area contributed by atoms with E-state index in [-0.39, 0.29) is 24.5 Å². The standard InChI is InChI=1S/C30H29ClN2O4/c1-35-24-13-9-20(10-14-24)17-22-5-3-8-27-29(22)32-33(30(27)21-11-15-25(36-2)16-12-21)28(34)19-37-26-7-4-6-23(31)18-26/h4,6-7,9-18,27,30H,3,5,8,19H2,1-2H3/b22-17+. The van der Waals surface area contributed by atoms with Crippen LogP contribution in [0.3, 0.4) is 0 Å². The number of carbonyl (C=O) groups excluding carboxylic acids is 1. The Morgan fingerprint density at radius 1 is 1.00 bits per heavy atom. The second-order valence-corrected chi connectivity index (χ2v) is 9.57. The molecule has 1 fully saturated rings. The molecule has 2 atom stereocenters. The molecule has 37 heavy (non-hydrogen) atoms. The molecular formula is C30H29ClN2O4. The minimum absolute atomic E-state index is 0.0989. The minimum Gasteiger partial charge on any atom is -0.497 e. The van der Waals surface area contributed by atoms with Crippen molar-refractivity contribution in [1.82, 2.24) is 5.01 Å². The lowest BCUT2D eigenvalue weighted by atomic mass is 9.77. The van der Waals surface area contributed by atoms with Crippen molar-refractivity contribution in [3.8, 4) is 17.2 Å². The monoisotopic (exact) mass is 516 g/mol. The van der Waals surface area contributed by atoms with Crippen LogP contribution < -0.4 is 14.2 Å². The van der Waals surface area contributed by atoms with E-state index in [1.807, 2.05) is 48.5 Å². The highest BCUT2D eigenvalue weighted by Crippen LogP contribution is 2.44. The molecule has 0 bridgehead atoms. The molecule has 1 aliphatic heterocycles. The molecule has 190 valence electrons. The number of hydrogen-bond acceptors (Lipinski definition) is 5. The number of nitrogens with zero attached hydrogens (tertiary/aromatic N) is 2. The van der Waals surface area contributed by atoms with Gasteiger partial charge in [-0.3, -0.25) is 4.79 Å². The van der Waals surface area contributed by atoms with Gasteiger partial charge in [-0.2, -0.15) is 5.10 Å². The van der Waals surface area contributed by atoms with E-state index >= 15 is 0 Å². The number of halogens is 1. The third-order valence-electron chi connectivity index (χ3n) is 6.83. The predicted molar refractivity (Wildman–Crippen MR) is 145 cm³/mol. The van der Waals surface area contributed by atoms with Crippen molar-refractivity contribution in [3.05, 3.63) is 94.5 Å². The van der Waals surface area contributed by atoms with E-state index in [0.29, 0.717) is 10.8 Å². The third-order valence-corrected chi connectivity index (χ3v) is 7.06. The molecule has 3 aromatic carbocycles. The van der Waals surface area contributed by atoms with Crippen molar-refractivity contribution >= 4 is 29.3 Å². The van der Waals surface area contributed by atoms with Crippen LogP contribution >= 0.6 is 11.6 Å². The van der Waals surface area contributed by atoms with Crippen molar-refractivity contribution < 1.29 is 19.0 Å². The fourth-order valence-corrected chi connectivity index (χ4v) is 5.19. The van der Waals surface area contributed by atoms with E-state index in [1.165, 1.54) is 0 Å². The Hall–Kier alpha value is -3.77. The molecule has 1 heterocycles. The van der Waals surface area contributed by atoms with Crippen molar-refractivity contribution in [2.24, 2.45) is 11.0 Å². The van der Waals surface area contributed by atoms with Crippen molar-refractivity contribution in [1.29, 1.82) is 0 Å². The quantitative estimate of drug-likeness (QED) is 0.357. The molecule has 5 rings (SSSR count). The molecule has 2 aliphatic rings. The summed E-state index contributed by atoms with van der Waals surface area (Å²) >= 11 is 6.08. The Balaban J connectivity index is 1.46. The van der Waals surface area contributed by atoms with E-state index in [1.54, 1.807) is 43.5 Å². The molecule has 1 aliphatic carbocycles. The lowest BCUT2D eigenvalue weighted by Crippen LogP contribution is -2.34. The Morgan fingerprint density at radius 2 is 1.70 bits per heavy atom. The number of carbonyl (C=O) groups is 1. The third kappa shape index (κ3) is 5.49. The zero-order chi connectivity index (χ0) is 25.8. The molecule has 0 saturated heterocycles. The fraction of sp³-hybridized carbons (Fsp3) is 0.267. The summed E-state index contributed by atoms with van der Waals surface area (Å²) in [5.74, 6) is 2.03. The first-order valence-electron chi connectivity index (χ1n) is 12.3. The van der Waals surface area contributed by atoms with Crippen LogP contribution in [0, 0.1) is 5.92 Å². The van der Waals surface area contributed by atoms with Gasteiger partial charge in [0.05, 0.1) is 26.0 Å². The first-order valence-corrected chi connectivity index (χ1v) is 12.7. The first-order chi connectivity index (χ1) is 18.1. The number of methoxy groups -OCH3 is 2. The Labute approximate surface area is 222 Å². The topological polar surface area (TPSA) is 60.4 Å². The van der Waals surface area contributed by atoms with E-state index in [0.717, 1.165) is 53.2 Å². The molecular weight excluding hydrogens is 488 g/mol. The van der Waals surface area contributed by atoms with Crippen molar-refractivity contribution in [3.63, 3.8) is 0 Å². The van der Waals surface area contributed by atoms with Crippen LogP contribution in [0.2, 0.25) is 5.02 Å². The lowest BCUT2D eigenvalue weighted by Gasteiger charge is -2.29. The maximum absolute atomic E-state index is 13.5. The molecule has 0 spiro atoms. The maximum Gasteiger partial charge on any atom is 0.281 e. The van der Waals surface area contributed by atoms with E-state index in [9.17, 15) is 4.79 Å². The fourth-order valence-electron chi connectivity index (χ4n) is 5.01. The summed E-state index contributed by atoms with van der Waals surface area (Å²) in [6, 6.07) is 22.7. The maximum atomic E-state index is 13.5. The van der Waals surface area contributed by atoms with Gasteiger partial charge in [-0.25, -0.2) is 5.01 Å². The zero-order valence-corrected chi connectivity index (χ0v) is 21.6. The predicted octanol–water partition coefficient (Wildman–Crippen LogP) is 6.56. The summed E-state index contributed by atoms with van der Waals surface area (Å²) in [6.45, 7) is -0.131. The second-order valence-electron chi connectivity index (χ2n) is 9.13. The molecule has 2 unspecified atom stereocenters. The highest BCUT2D eigenvalue weighted by atomic mass is 35.5. The van der Waals surface area contributed by atoms with Crippen LogP contribution in [-0.2, 0) is 4.79 Å². The van der Waals surface area contributed by atoms with Gasteiger partial charge in [0.25, 0.3) is 5.91 Å². The number of amides is 1. The summed E-state index contributed by atoms with van der Waals surface area (Å²) in [6.07, 6.45) is 5.07. The van der Waals surface area contributed by atoms with Gasteiger partial charge in [0.15, 0.2) is 6.61 Å².